The normalized spacial score (nSPS) is 16.2. The Labute approximate surface area is 104 Å². The Balaban J connectivity index is 1.70. The van der Waals surface area contributed by atoms with E-state index in [1.807, 2.05) is 24.5 Å². The molecule has 18 heavy (non-hydrogen) atoms. The zero-order valence-electron chi connectivity index (χ0n) is 10.0. The van der Waals surface area contributed by atoms with Gasteiger partial charge < -0.3 is 0 Å². The molecule has 6 nitrogen and oxygen atoms in total. The summed E-state index contributed by atoms with van der Waals surface area (Å²) in [5.74, 6) is 0.859. The van der Waals surface area contributed by atoms with Gasteiger partial charge in [0.2, 0.25) is 0 Å². The minimum Gasteiger partial charge on any atom is -0.297 e. The van der Waals surface area contributed by atoms with Crippen molar-refractivity contribution in [1.82, 2.24) is 24.6 Å². The van der Waals surface area contributed by atoms with Crippen LogP contribution in [0.4, 0.5) is 0 Å². The molecule has 0 saturated carbocycles. The fourth-order valence-electron chi connectivity index (χ4n) is 2.29. The van der Waals surface area contributed by atoms with Gasteiger partial charge in [0.1, 0.15) is 5.82 Å². The molecular formula is C12H15N5O. The third-order valence-corrected chi connectivity index (χ3v) is 3.28. The van der Waals surface area contributed by atoms with Gasteiger partial charge in [0, 0.05) is 45.0 Å². The molecule has 3 heterocycles. The van der Waals surface area contributed by atoms with Crippen molar-refractivity contribution in [3.05, 3.63) is 46.4 Å². The number of pyridine rings is 1. The molecule has 2 aromatic rings. The monoisotopic (exact) mass is 245 g/mol. The minimum absolute atomic E-state index is 0.101. The van der Waals surface area contributed by atoms with Crippen LogP contribution in [0.15, 0.2) is 29.3 Å². The lowest BCUT2D eigenvalue weighted by Crippen LogP contribution is -2.28. The second-order valence-corrected chi connectivity index (χ2v) is 4.48. The van der Waals surface area contributed by atoms with Gasteiger partial charge in [-0.15, -0.1) is 0 Å². The van der Waals surface area contributed by atoms with E-state index in [-0.39, 0.29) is 5.69 Å². The van der Waals surface area contributed by atoms with Gasteiger partial charge >= 0.3 is 5.69 Å². The maximum atomic E-state index is 11.5. The third-order valence-electron chi connectivity index (χ3n) is 3.28. The maximum Gasteiger partial charge on any atom is 0.343 e. The first-order chi connectivity index (χ1) is 8.83. The summed E-state index contributed by atoms with van der Waals surface area (Å²) in [5.41, 5.74) is 1.15. The fourth-order valence-corrected chi connectivity index (χ4v) is 2.29. The summed E-state index contributed by atoms with van der Waals surface area (Å²) < 4.78 is 1.73. The average molecular weight is 245 g/mol. The molecule has 0 unspecified atom stereocenters. The highest BCUT2D eigenvalue weighted by Gasteiger charge is 2.16. The molecule has 0 atom stereocenters. The molecular weight excluding hydrogens is 230 g/mol. The van der Waals surface area contributed by atoms with E-state index in [0.717, 1.165) is 31.9 Å². The van der Waals surface area contributed by atoms with E-state index >= 15 is 0 Å². The fraction of sp³-hybridized carbons (Fsp3) is 0.417. The molecule has 0 saturated heterocycles. The molecule has 94 valence electrons. The second kappa shape index (κ2) is 4.73. The van der Waals surface area contributed by atoms with E-state index in [0.29, 0.717) is 6.54 Å². The third kappa shape index (κ3) is 2.19. The molecule has 0 amide bonds. The second-order valence-electron chi connectivity index (χ2n) is 4.48. The molecule has 1 N–H and O–H groups in total. The number of nitrogens with one attached hydrogen (secondary N) is 1. The van der Waals surface area contributed by atoms with Crippen LogP contribution in [0.5, 0.6) is 0 Å². The van der Waals surface area contributed by atoms with Crippen molar-refractivity contribution in [3.8, 4) is 0 Å². The lowest BCUT2D eigenvalue weighted by molar-refractivity contribution is 0.270. The number of rotatable bonds is 2. The predicted octanol–water partition coefficient (Wildman–Crippen LogP) is 0.0247. The molecule has 2 aromatic heterocycles. The maximum absolute atomic E-state index is 11.5. The van der Waals surface area contributed by atoms with Crippen LogP contribution in [0.3, 0.4) is 0 Å². The van der Waals surface area contributed by atoms with Gasteiger partial charge in [-0.3, -0.25) is 14.5 Å². The summed E-state index contributed by atoms with van der Waals surface area (Å²) in [4.78, 5) is 17.9. The summed E-state index contributed by atoms with van der Waals surface area (Å²) in [6.45, 7) is 3.39. The highest BCUT2D eigenvalue weighted by Crippen LogP contribution is 2.08. The minimum atomic E-state index is -0.101. The van der Waals surface area contributed by atoms with E-state index in [4.69, 9.17) is 0 Å². The summed E-state index contributed by atoms with van der Waals surface area (Å²) in [5, 5.41) is 6.55. The van der Waals surface area contributed by atoms with E-state index in [1.54, 1.807) is 4.57 Å². The van der Waals surface area contributed by atoms with Gasteiger partial charge in [-0.1, -0.05) is 0 Å². The van der Waals surface area contributed by atoms with Crippen molar-refractivity contribution < 1.29 is 0 Å². The highest BCUT2D eigenvalue weighted by atomic mass is 16.1. The van der Waals surface area contributed by atoms with Crippen LogP contribution >= 0.6 is 0 Å². The quantitative estimate of drug-likeness (QED) is 0.810. The predicted molar refractivity (Wildman–Crippen MR) is 66.1 cm³/mol. The van der Waals surface area contributed by atoms with E-state index < -0.39 is 0 Å². The van der Waals surface area contributed by atoms with Gasteiger partial charge in [-0.25, -0.2) is 9.89 Å². The van der Waals surface area contributed by atoms with E-state index in [1.165, 1.54) is 5.56 Å². The van der Waals surface area contributed by atoms with Crippen molar-refractivity contribution in [2.75, 3.05) is 13.1 Å². The lowest BCUT2D eigenvalue weighted by Gasteiger charge is -2.19. The molecule has 0 fully saturated rings. The van der Waals surface area contributed by atoms with Crippen LogP contribution in [-0.4, -0.2) is 37.7 Å². The standard InChI is InChI=1S/C12H15N5O/c18-12-15-14-11-3-6-16(7-8-17(11)12)9-10-1-4-13-5-2-10/h1-2,4-5H,3,6-9H2,(H,15,18). The van der Waals surface area contributed by atoms with Crippen molar-refractivity contribution in [2.45, 2.75) is 19.5 Å². The van der Waals surface area contributed by atoms with Crippen molar-refractivity contribution in [1.29, 1.82) is 0 Å². The van der Waals surface area contributed by atoms with Crippen LogP contribution in [0.25, 0.3) is 0 Å². The van der Waals surface area contributed by atoms with Gasteiger partial charge in [0.25, 0.3) is 0 Å². The van der Waals surface area contributed by atoms with Gasteiger partial charge in [-0.05, 0) is 17.7 Å². The van der Waals surface area contributed by atoms with Crippen LogP contribution in [-0.2, 0) is 19.5 Å². The smallest absolute Gasteiger partial charge is 0.297 e. The molecule has 0 radical (unpaired) electrons. The lowest BCUT2D eigenvalue weighted by atomic mass is 10.2. The van der Waals surface area contributed by atoms with Crippen molar-refractivity contribution in [3.63, 3.8) is 0 Å². The van der Waals surface area contributed by atoms with Crippen LogP contribution < -0.4 is 5.69 Å². The number of nitrogens with zero attached hydrogens (tertiary/aromatic N) is 4. The summed E-state index contributed by atoms with van der Waals surface area (Å²) >= 11 is 0. The Morgan fingerprint density at radius 2 is 2.06 bits per heavy atom. The molecule has 0 bridgehead atoms. The number of fused-ring (bicyclic) bond motifs is 1. The Hall–Kier alpha value is -1.95. The number of aromatic nitrogens is 4. The zero-order chi connectivity index (χ0) is 12.4. The first-order valence-corrected chi connectivity index (χ1v) is 6.08. The first kappa shape index (κ1) is 11.2. The average Bonchev–Trinajstić information content (AvgIpc) is 2.63. The van der Waals surface area contributed by atoms with Crippen LogP contribution in [0, 0.1) is 0 Å². The number of hydrogen-bond acceptors (Lipinski definition) is 4. The summed E-state index contributed by atoms with van der Waals surface area (Å²) in [6.07, 6.45) is 4.43. The molecule has 1 aliphatic heterocycles. The van der Waals surface area contributed by atoms with Crippen LogP contribution in [0.2, 0.25) is 0 Å². The number of hydrogen-bond donors (Lipinski definition) is 1. The Bertz CT molecular complexity index is 574. The van der Waals surface area contributed by atoms with Crippen molar-refractivity contribution in [2.24, 2.45) is 0 Å². The highest BCUT2D eigenvalue weighted by molar-refractivity contribution is 5.09. The first-order valence-electron chi connectivity index (χ1n) is 6.08. The van der Waals surface area contributed by atoms with Crippen molar-refractivity contribution >= 4 is 0 Å². The molecule has 1 aliphatic rings. The molecule has 6 heteroatoms. The molecule has 0 aromatic carbocycles. The van der Waals surface area contributed by atoms with E-state index in [9.17, 15) is 4.79 Å². The van der Waals surface area contributed by atoms with Gasteiger partial charge in [0.05, 0.1) is 0 Å². The largest absolute Gasteiger partial charge is 0.343 e. The molecule has 0 spiro atoms. The Morgan fingerprint density at radius 3 is 2.89 bits per heavy atom. The van der Waals surface area contributed by atoms with Gasteiger partial charge in [-0.2, -0.15) is 5.10 Å². The van der Waals surface area contributed by atoms with Crippen LogP contribution in [0.1, 0.15) is 11.4 Å². The van der Waals surface area contributed by atoms with Gasteiger partial charge in [0.15, 0.2) is 0 Å². The summed E-state index contributed by atoms with van der Waals surface area (Å²) in [7, 11) is 0. The SMILES string of the molecule is O=c1[nH]nc2n1CCN(Cc1ccncc1)CC2. The van der Waals surface area contributed by atoms with E-state index in [2.05, 4.69) is 20.1 Å². The summed E-state index contributed by atoms with van der Waals surface area (Å²) in [6, 6.07) is 4.05. The molecule has 0 aliphatic carbocycles. The Kier molecular flexibility index (Phi) is 2.93. The molecule has 3 rings (SSSR count). The Morgan fingerprint density at radius 1 is 1.22 bits per heavy atom. The zero-order valence-corrected chi connectivity index (χ0v) is 10.0. The number of H-pyrrole nitrogens is 1. The number of aromatic amines is 1. The topological polar surface area (TPSA) is 66.8 Å².